The molecular weight excluding hydrogens is 268 g/mol. The average molecular weight is 298 g/mol. The average Bonchev–Trinajstić information content (AvgIpc) is 2.46. The molecule has 0 saturated heterocycles. The number of ether oxygens (including phenoxy) is 2. The molecule has 0 aliphatic heterocycles. The van der Waals surface area contributed by atoms with E-state index < -0.39 is 11.9 Å². The second-order valence-electron chi connectivity index (χ2n) is 5.06. The molecule has 0 aromatic carbocycles. The fraction of sp³-hybridized carbons (Fsp3) is 0.765. The molecule has 0 unspecified atom stereocenters. The number of carbonyl (C=O) groups is 2. The maximum absolute atomic E-state index is 12.0. The van der Waals surface area contributed by atoms with E-state index in [-0.39, 0.29) is 0 Å². The second-order valence-corrected chi connectivity index (χ2v) is 5.06. The maximum atomic E-state index is 12.0. The fourth-order valence-electron chi connectivity index (χ4n) is 2.11. The molecule has 4 heteroatoms. The monoisotopic (exact) mass is 298 g/mol. The highest BCUT2D eigenvalue weighted by atomic mass is 16.5. The zero-order valence-electron chi connectivity index (χ0n) is 14.0. The lowest BCUT2D eigenvalue weighted by atomic mass is 10.0. The molecule has 0 fully saturated rings. The Morgan fingerprint density at radius 2 is 1.29 bits per heavy atom. The van der Waals surface area contributed by atoms with Crippen LogP contribution in [0.4, 0.5) is 0 Å². The van der Waals surface area contributed by atoms with E-state index in [4.69, 9.17) is 9.47 Å². The van der Waals surface area contributed by atoms with Crippen LogP contribution in [0.1, 0.15) is 72.6 Å². The summed E-state index contributed by atoms with van der Waals surface area (Å²) in [4.78, 5) is 23.8. The summed E-state index contributed by atoms with van der Waals surface area (Å²) < 4.78 is 10.0. The third-order valence-electron chi connectivity index (χ3n) is 3.34. The summed E-state index contributed by atoms with van der Waals surface area (Å²) in [5, 5.41) is 0. The molecule has 0 bridgehead atoms. The van der Waals surface area contributed by atoms with Gasteiger partial charge in [0.2, 0.25) is 0 Å². The van der Waals surface area contributed by atoms with Crippen LogP contribution in [0.2, 0.25) is 0 Å². The molecule has 21 heavy (non-hydrogen) atoms. The van der Waals surface area contributed by atoms with E-state index in [9.17, 15) is 9.59 Å². The van der Waals surface area contributed by atoms with E-state index in [0.29, 0.717) is 30.8 Å². The molecule has 0 aromatic heterocycles. The third kappa shape index (κ3) is 8.53. The highest BCUT2D eigenvalue weighted by Crippen LogP contribution is 2.18. The summed E-state index contributed by atoms with van der Waals surface area (Å²) >= 11 is 0. The van der Waals surface area contributed by atoms with Crippen molar-refractivity contribution in [3.05, 3.63) is 11.1 Å². The van der Waals surface area contributed by atoms with Gasteiger partial charge in [-0.1, -0.05) is 39.0 Å². The normalized spacial score (nSPS) is 11.8. The Bertz CT molecular complexity index is 345. The van der Waals surface area contributed by atoms with Crippen LogP contribution in [0.3, 0.4) is 0 Å². The molecule has 0 radical (unpaired) electrons. The van der Waals surface area contributed by atoms with Gasteiger partial charge < -0.3 is 9.47 Å². The van der Waals surface area contributed by atoms with Crippen LogP contribution in [0.25, 0.3) is 0 Å². The van der Waals surface area contributed by atoms with Crippen LogP contribution < -0.4 is 0 Å². The molecule has 0 saturated carbocycles. The van der Waals surface area contributed by atoms with Gasteiger partial charge in [0.05, 0.1) is 13.2 Å². The van der Waals surface area contributed by atoms with E-state index in [2.05, 4.69) is 6.92 Å². The molecule has 0 amide bonds. The molecule has 0 heterocycles. The summed E-state index contributed by atoms with van der Waals surface area (Å²) in [6, 6.07) is 0. The zero-order chi connectivity index (χ0) is 16.1. The fourth-order valence-corrected chi connectivity index (χ4v) is 2.11. The molecule has 4 nitrogen and oxygen atoms in total. The Morgan fingerprint density at radius 1 is 0.762 bits per heavy atom. The first kappa shape index (κ1) is 19.7. The molecule has 0 rings (SSSR count). The van der Waals surface area contributed by atoms with Gasteiger partial charge in [0.15, 0.2) is 0 Å². The van der Waals surface area contributed by atoms with Gasteiger partial charge >= 0.3 is 11.9 Å². The van der Waals surface area contributed by atoms with Crippen molar-refractivity contribution in [2.75, 3.05) is 13.2 Å². The smallest absolute Gasteiger partial charge is 0.334 e. The first-order valence-electron chi connectivity index (χ1n) is 8.12. The van der Waals surface area contributed by atoms with Crippen LogP contribution in [0, 0.1) is 0 Å². The van der Waals surface area contributed by atoms with Crippen LogP contribution in [0.5, 0.6) is 0 Å². The largest absolute Gasteiger partial charge is 0.463 e. The van der Waals surface area contributed by atoms with Crippen LogP contribution in [0.15, 0.2) is 11.1 Å². The molecule has 0 atom stereocenters. The number of unbranched alkanes of at least 4 members (excludes halogenated alkanes) is 5. The molecule has 0 spiro atoms. The van der Waals surface area contributed by atoms with E-state index in [1.807, 2.05) is 0 Å². The predicted molar refractivity (Wildman–Crippen MR) is 84.0 cm³/mol. The van der Waals surface area contributed by atoms with Gasteiger partial charge in [0.1, 0.15) is 0 Å². The lowest BCUT2D eigenvalue weighted by Crippen LogP contribution is -2.15. The van der Waals surface area contributed by atoms with Gasteiger partial charge in [-0.15, -0.1) is 0 Å². The van der Waals surface area contributed by atoms with Gasteiger partial charge in [0, 0.05) is 11.1 Å². The Labute approximate surface area is 128 Å². The quantitative estimate of drug-likeness (QED) is 0.326. The molecular formula is C17H30O4. The summed E-state index contributed by atoms with van der Waals surface area (Å²) in [7, 11) is 0. The van der Waals surface area contributed by atoms with Crippen molar-refractivity contribution in [1.29, 1.82) is 0 Å². The topological polar surface area (TPSA) is 52.6 Å². The highest BCUT2D eigenvalue weighted by molar-refractivity contribution is 5.99. The number of rotatable bonds is 11. The summed E-state index contributed by atoms with van der Waals surface area (Å²) in [6.45, 7) is 7.97. The van der Waals surface area contributed by atoms with Gasteiger partial charge in [-0.05, 0) is 33.6 Å². The number of esters is 2. The lowest BCUT2D eigenvalue weighted by Gasteiger charge is -2.11. The van der Waals surface area contributed by atoms with Crippen molar-refractivity contribution < 1.29 is 19.1 Å². The Hall–Kier alpha value is -1.32. The van der Waals surface area contributed by atoms with Crippen molar-refractivity contribution in [1.82, 2.24) is 0 Å². The molecule has 122 valence electrons. The van der Waals surface area contributed by atoms with E-state index in [1.54, 1.807) is 20.8 Å². The first-order chi connectivity index (χ1) is 10.1. The minimum Gasteiger partial charge on any atom is -0.463 e. The highest BCUT2D eigenvalue weighted by Gasteiger charge is 2.19. The standard InChI is InChI=1S/C17H30O4/c1-5-8-9-10-11-12-13-15(17(19)21-7-3)14(4)16(18)20-6-2/h5-13H2,1-4H3. The van der Waals surface area contributed by atoms with E-state index in [0.717, 1.165) is 12.8 Å². The van der Waals surface area contributed by atoms with Gasteiger partial charge in [-0.25, -0.2) is 9.59 Å². The summed E-state index contributed by atoms with van der Waals surface area (Å²) in [6.07, 6.45) is 7.41. The Morgan fingerprint density at radius 3 is 1.86 bits per heavy atom. The molecule has 0 aromatic rings. The van der Waals surface area contributed by atoms with Crippen molar-refractivity contribution in [2.24, 2.45) is 0 Å². The number of hydrogen-bond acceptors (Lipinski definition) is 4. The van der Waals surface area contributed by atoms with Crippen LogP contribution >= 0.6 is 0 Å². The zero-order valence-corrected chi connectivity index (χ0v) is 14.0. The minimum atomic E-state index is -0.425. The lowest BCUT2D eigenvalue weighted by molar-refractivity contribution is -0.141. The number of carbonyl (C=O) groups excluding carboxylic acids is 2. The molecule has 0 N–H and O–H groups in total. The molecule has 0 aliphatic rings. The van der Waals surface area contributed by atoms with Gasteiger partial charge in [0.25, 0.3) is 0 Å². The van der Waals surface area contributed by atoms with E-state index >= 15 is 0 Å². The second kappa shape index (κ2) is 12.4. The minimum absolute atomic E-state index is 0.309. The summed E-state index contributed by atoms with van der Waals surface area (Å²) in [5.74, 6) is -0.817. The van der Waals surface area contributed by atoms with Gasteiger partial charge in [-0.3, -0.25) is 0 Å². The first-order valence-corrected chi connectivity index (χ1v) is 8.12. The predicted octanol–water partition coefficient (Wildman–Crippen LogP) is 4.18. The molecule has 0 aliphatic carbocycles. The SMILES string of the molecule is CCCCCCCCC(C(=O)OCC)=C(C)C(=O)OCC. The third-order valence-corrected chi connectivity index (χ3v) is 3.34. The van der Waals surface area contributed by atoms with Crippen molar-refractivity contribution in [2.45, 2.75) is 72.6 Å². The van der Waals surface area contributed by atoms with Crippen molar-refractivity contribution >= 4 is 11.9 Å². The Kier molecular flexibility index (Phi) is 11.6. The van der Waals surface area contributed by atoms with Crippen LogP contribution in [-0.4, -0.2) is 25.2 Å². The van der Waals surface area contributed by atoms with Crippen LogP contribution in [-0.2, 0) is 19.1 Å². The van der Waals surface area contributed by atoms with E-state index in [1.165, 1.54) is 25.7 Å². The number of hydrogen-bond donors (Lipinski definition) is 0. The summed E-state index contributed by atoms with van der Waals surface area (Å²) in [5.41, 5.74) is 0.842. The van der Waals surface area contributed by atoms with Crippen molar-refractivity contribution in [3.63, 3.8) is 0 Å². The maximum Gasteiger partial charge on any atom is 0.334 e. The van der Waals surface area contributed by atoms with Crippen molar-refractivity contribution in [3.8, 4) is 0 Å². The van der Waals surface area contributed by atoms with Gasteiger partial charge in [-0.2, -0.15) is 0 Å². The Balaban J connectivity index is 4.56.